The summed E-state index contributed by atoms with van der Waals surface area (Å²) in [6.07, 6.45) is 4.24. The van der Waals surface area contributed by atoms with E-state index < -0.39 is 5.97 Å². The first kappa shape index (κ1) is 8.64. The molecule has 5 heteroatoms. The van der Waals surface area contributed by atoms with Crippen molar-refractivity contribution in [3.8, 4) is 0 Å². The number of carboxylic acid groups (broad SMARTS) is 1. The van der Waals surface area contributed by atoms with Crippen molar-refractivity contribution in [1.29, 1.82) is 0 Å². The average Bonchev–Trinajstić information content (AvgIpc) is 2.86. The number of anilines is 1. The van der Waals surface area contributed by atoms with E-state index in [0.717, 1.165) is 24.9 Å². The molecule has 1 N–H and O–H groups in total. The molecular formula is C10H11N3O2. The number of aromatic nitrogens is 2. The molecule has 2 atom stereocenters. The minimum Gasteiger partial charge on any atom is -0.476 e. The van der Waals surface area contributed by atoms with Gasteiger partial charge in [-0.3, -0.25) is 4.98 Å². The third-order valence-electron chi connectivity index (χ3n) is 3.14. The van der Waals surface area contributed by atoms with E-state index in [4.69, 9.17) is 5.11 Å². The molecule has 1 aromatic rings. The molecule has 0 bridgehead atoms. The summed E-state index contributed by atoms with van der Waals surface area (Å²) in [7, 11) is 0. The summed E-state index contributed by atoms with van der Waals surface area (Å²) in [5.74, 6) is 1.29. The largest absolute Gasteiger partial charge is 0.476 e. The van der Waals surface area contributed by atoms with E-state index in [2.05, 4.69) is 14.9 Å². The van der Waals surface area contributed by atoms with E-state index in [0.29, 0.717) is 5.82 Å². The van der Waals surface area contributed by atoms with Gasteiger partial charge in [0.2, 0.25) is 0 Å². The molecule has 5 nitrogen and oxygen atoms in total. The summed E-state index contributed by atoms with van der Waals surface area (Å²) in [6.45, 7) is 2.00. The lowest BCUT2D eigenvalue weighted by Gasteiger charge is -2.18. The molecule has 0 radical (unpaired) electrons. The van der Waals surface area contributed by atoms with E-state index in [1.54, 1.807) is 6.20 Å². The van der Waals surface area contributed by atoms with E-state index in [-0.39, 0.29) is 5.69 Å². The van der Waals surface area contributed by atoms with Gasteiger partial charge in [0.1, 0.15) is 5.82 Å². The molecule has 0 aromatic carbocycles. The van der Waals surface area contributed by atoms with Crippen molar-refractivity contribution in [2.45, 2.75) is 6.42 Å². The van der Waals surface area contributed by atoms with Gasteiger partial charge in [0, 0.05) is 13.1 Å². The van der Waals surface area contributed by atoms with Crippen LogP contribution in [0.1, 0.15) is 16.9 Å². The molecule has 1 saturated heterocycles. The van der Waals surface area contributed by atoms with Gasteiger partial charge in [0.25, 0.3) is 0 Å². The van der Waals surface area contributed by atoms with Crippen molar-refractivity contribution in [3.05, 3.63) is 18.1 Å². The Morgan fingerprint density at radius 3 is 2.80 bits per heavy atom. The van der Waals surface area contributed by atoms with Crippen molar-refractivity contribution < 1.29 is 9.90 Å². The number of rotatable bonds is 2. The molecule has 2 aliphatic rings. The first-order valence-electron chi connectivity index (χ1n) is 5.04. The summed E-state index contributed by atoms with van der Waals surface area (Å²) in [4.78, 5) is 20.8. The van der Waals surface area contributed by atoms with Crippen molar-refractivity contribution >= 4 is 11.8 Å². The number of carbonyl (C=O) groups is 1. The van der Waals surface area contributed by atoms with Gasteiger partial charge in [-0.2, -0.15) is 0 Å². The van der Waals surface area contributed by atoms with Crippen LogP contribution in [0.3, 0.4) is 0 Å². The van der Waals surface area contributed by atoms with Crippen LogP contribution in [-0.4, -0.2) is 34.1 Å². The third-order valence-corrected chi connectivity index (χ3v) is 3.14. The van der Waals surface area contributed by atoms with Crippen molar-refractivity contribution in [2.24, 2.45) is 11.8 Å². The van der Waals surface area contributed by atoms with Gasteiger partial charge >= 0.3 is 5.97 Å². The number of nitrogens with zero attached hydrogens (tertiary/aromatic N) is 3. The summed E-state index contributed by atoms with van der Waals surface area (Å²) < 4.78 is 0. The molecule has 78 valence electrons. The minimum absolute atomic E-state index is 0.0214. The third kappa shape index (κ3) is 1.44. The van der Waals surface area contributed by atoms with Crippen molar-refractivity contribution in [3.63, 3.8) is 0 Å². The van der Waals surface area contributed by atoms with Crippen LogP contribution in [0.4, 0.5) is 5.82 Å². The first-order chi connectivity index (χ1) is 7.24. The number of fused-ring (bicyclic) bond motifs is 1. The highest BCUT2D eigenvalue weighted by molar-refractivity contribution is 5.85. The predicted octanol–water partition coefficient (Wildman–Crippen LogP) is 0.631. The highest BCUT2D eigenvalue weighted by Gasteiger charge is 2.45. The molecule has 15 heavy (non-hydrogen) atoms. The Morgan fingerprint density at radius 1 is 1.40 bits per heavy atom. The normalized spacial score (nSPS) is 27.6. The molecule has 2 fully saturated rings. The van der Waals surface area contributed by atoms with Gasteiger partial charge in [-0.05, 0) is 18.3 Å². The molecule has 3 rings (SSSR count). The Hall–Kier alpha value is -1.65. The Labute approximate surface area is 86.8 Å². The van der Waals surface area contributed by atoms with E-state index in [1.807, 2.05) is 0 Å². The fourth-order valence-electron chi connectivity index (χ4n) is 2.20. The molecule has 0 amide bonds. The van der Waals surface area contributed by atoms with Crippen LogP contribution in [-0.2, 0) is 0 Å². The number of hydrogen-bond acceptors (Lipinski definition) is 4. The van der Waals surface area contributed by atoms with Crippen LogP contribution >= 0.6 is 0 Å². The zero-order valence-electron chi connectivity index (χ0n) is 8.13. The zero-order chi connectivity index (χ0) is 10.4. The second-order valence-corrected chi connectivity index (χ2v) is 4.23. The quantitative estimate of drug-likeness (QED) is 0.767. The molecule has 1 aliphatic heterocycles. The van der Waals surface area contributed by atoms with Crippen LogP contribution in [0, 0.1) is 11.8 Å². The SMILES string of the molecule is O=C(O)c1cncc(N2CC3CC3C2)n1. The fourth-order valence-corrected chi connectivity index (χ4v) is 2.20. The maximum atomic E-state index is 10.7. The molecule has 2 heterocycles. The monoisotopic (exact) mass is 205 g/mol. The van der Waals surface area contributed by atoms with Gasteiger partial charge in [0.15, 0.2) is 5.69 Å². The van der Waals surface area contributed by atoms with E-state index >= 15 is 0 Å². The second-order valence-electron chi connectivity index (χ2n) is 4.23. The highest BCUT2D eigenvalue weighted by Crippen LogP contribution is 2.45. The number of hydrogen-bond donors (Lipinski definition) is 1. The molecule has 0 spiro atoms. The van der Waals surface area contributed by atoms with E-state index in [9.17, 15) is 4.79 Å². The standard InChI is InChI=1S/C10H11N3O2/c14-10(15)8-2-11-3-9(12-8)13-4-6-1-7(6)5-13/h2-3,6-7H,1,4-5H2,(H,14,15). The minimum atomic E-state index is -1.02. The van der Waals surface area contributed by atoms with Crippen LogP contribution in [0.5, 0.6) is 0 Å². The Morgan fingerprint density at radius 2 is 2.13 bits per heavy atom. The van der Waals surface area contributed by atoms with Gasteiger partial charge in [-0.25, -0.2) is 9.78 Å². The Balaban J connectivity index is 1.85. The fraction of sp³-hybridized carbons (Fsp3) is 0.500. The maximum absolute atomic E-state index is 10.7. The highest BCUT2D eigenvalue weighted by atomic mass is 16.4. The first-order valence-corrected chi connectivity index (χ1v) is 5.04. The summed E-state index contributed by atoms with van der Waals surface area (Å²) in [5, 5.41) is 8.79. The maximum Gasteiger partial charge on any atom is 0.356 e. The van der Waals surface area contributed by atoms with Gasteiger partial charge in [-0.15, -0.1) is 0 Å². The molecule has 2 unspecified atom stereocenters. The molecule has 1 saturated carbocycles. The van der Waals surface area contributed by atoms with Crippen LogP contribution in [0.25, 0.3) is 0 Å². The van der Waals surface area contributed by atoms with Crippen molar-refractivity contribution in [2.75, 3.05) is 18.0 Å². The zero-order valence-corrected chi connectivity index (χ0v) is 8.13. The van der Waals surface area contributed by atoms with Crippen LogP contribution in [0.2, 0.25) is 0 Å². The lowest BCUT2D eigenvalue weighted by molar-refractivity contribution is 0.0690. The van der Waals surface area contributed by atoms with Crippen molar-refractivity contribution in [1.82, 2.24) is 9.97 Å². The second kappa shape index (κ2) is 2.92. The van der Waals surface area contributed by atoms with Gasteiger partial charge in [-0.1, -0.05) is 0 Å². The van der Waals surface area contributed by atoms with Crippen LogP contribution in [0.15, 0.2) is 12.4 Å². The van der Waals surface area contributed by atoms with Crippen LogP contribution < -0.4 is 4.90 Å². The molecule has 1 aliphatic carbocycles. The average molecular weight is 205 g/mol. The Kier molecular flexibility index (Phi) is 1.68. The Bertz CT molecular complexity index is 411. The van der Waals surface area contributed by atoms with Gasteiger partial charge in [0.05, 0.1) is 12.4 Å². The smallest absolute Gasteiger partial charge is 0.356 e. The lowest BCUT2D eigenvalue weighted by Crippen LogP contribution is -2.23. The molecule has 1 aromatic heterocycles. The summed E-state index contributed by atoms with van der Waals surface area (Å²) >= 11 is 0. The lowest BCUT2D eigenvalue weighted by atomic mass is 10.4. The predicted molar refractivity (Wildman–Crippen MR) is 52.8 cm³/mol. The summed E-state index contributed by atoms with van der Waals surface area (Å²) in [6, 6.07) is 0. The molecular weight excluding hydrogens is 194 g/mol. The summed E-state index contributed by atoms with van der Waals surface area (Å²) in [5.41, 5.74) is 0.0214. The number of piperidine rings is 1. The topological polar surface area (TPSA) is 66.3 Å². The van der Waals surface area contributed by atoms with Gasteiger partial charge < -0.3 is 10.0 Å². The number of carboxylic acids is 1. The number of aromatic carboxylic acids is 1. The van der Waals surface area contributed by atoms with E-state index in [1.165, 1.54) is 12.6 Å².